The monoisotopic (exact) mass is 286 g/mol. The average molecular weight is 286 g/mol. The fourth-order valence-electron chi connectivity index (χ4n) is 3.19. The van der Waals surface area contributed by atoms with Crippen LogP contribution in [0.1, 0.15) is 52.4 Å². The number of nitrogens with one attached hydrogen (secondary N) is 1. The number of fused-ring (bicyclic) bond motifs is 1. The molecule has 2 aliphatic rings. The maximum Gasteiger partial charge on any atom is 0.0426 e. The minimum Gasteiger partial charge on any atom is -0.310 e. The summed E-state index contributed by atoms with van der Waals surface area (Å²) >= 11 is 0. The third-order valence-electron chi connectivity index (χ3n) is 4.52. The van der Waals surface area contributed by atoms with Crippen LogP contribution in [0.25, 0.3) is 0 Å². The van der Waals surface area contributed by atoms with Gasteiger partial charge in [-0.1, -0.05) is 48.8 Å². The van der Waals surface area contributed by atoms with Crippen LogP contribution in [0.2, 0.25) is 0 Å². The van der Waals surface area contributed by atoms with Crippen molar-refractivity contribution in [2.75, 3.05) is 19.6 Å². The predicted octanol–water partition coefficient (Wildman–Crippen LogP) is 4.45. The molecule has 2 rings (SSSR count). The predicted molar refractivity (Wildman–Crippen MR) is 93.0 cm³/mol. The molecule has 1 unspecified atom stereocenters. The summed E-state index contributed by atoms with van der Waals surface area (Å²) < 4.78 is 0. The van der Waals surface area contributed by atoms with Gasteiger partial charge in [-0.15, -0.1) is 0 Å². The Bertz CT molecular complexity index is 440. The fraction of sp³-hybridized carbons (Fsp3) is 0.632. The van der Waals surface area contributed by atoms with Crippen LogP contribution in [0, 0.1) is 5.92 Å². The Morgan fingerprint density at radius 2 is 2.29 bits per heavy atom. The van der Waals surface area contributed by atoms with Crippen LogP contribution in [0.3, 0.4) is 0 Å². The van der Waals surface area contributed by atoms with E-state index in [0.29, 0.717) is 5.92 Å². The van der Waals surface area contributed by atoms with Gasteiger partial charge in [-0.05, 0) is 39.0 Å². The summed E-state index contributed by atoms with van der Waals surface area (Å²) in [4.78, 5) is 4.87. The molecule has 0 aromatic carbocycles. The largest absolute Gasteiger partial charge is 0.310 e. The average Bonchev–Trinajstić information content (AvgIpc) is 2.95. The first kappa shape index (κ1) is 16.2. The first-order valence-corrected chi connectivity index (χ1v) is 8.56. The van der Waals surface area contributed by atoms with Gasteiger partial charge >= 0.3 is 0 Å². The second-order valence-corrected chi connectivity index (χ2v) is 6.17. The van der Waals surface area contributed by atoms with Crippen molar-refractivity contribution in [2.45, 2.75) is 52.4 Å². The third-order valence-corrected chi connectivity index (χ3v) is 4.52. The second-order valence-electron chi connectivity index (χ2n) is 6.17. The number of aliphatic imine (C=N–C) groups is 1. The maximum atomic E-state index is 4.87. The van der Waals surface area contributed by atoms with E-state index in [4.69, 9.17) is 4.99 Å². The van der Waals surface area contributed by atoms with E-state index in [9.17, 15) is 0 Å². The standard InChI is InChI=1S/C19H30N2/c1-3-4-8-17-9-5-6-13-20-15-18-10-7-11-19(18)16(2)21-14-12-17/h5-6,9-10,19-20H,3-4,7-8,11-15H2,1-2H3/b6-5-,17-9-,21-16+. The van der Waals surface area contributed by atoms with Crippen molar-refractivity contribution in [1.82, 2.24) is 5.32 Å². The van der Waals surface area contributed by atoms with Crippen LogP contribution in [-0.2, 0) is 0 Å². The van der Waals surface area contributed by atoms with Gasteiger partial charge in [0.2, 0.25) is 0 Å². The highest BCUT2D eigenvalue weighted by atomic mass is 14.8. The molecule has 0 radical (unpaired) electrons. The zero-order valence-electron chi connectivity index (χ0n) is 13.7. The van der Waals surface area contributed by atoms with E-state index in [2.05, 4.69) is 43.5 Å². The highest BCUT2D eigenvalue weighted by molar-refractivity contribution is 5.87. The minimum atomic E-state index is 0.588. The first-order valence-electron chi connectivity index (χ1n) is 8.56. The highest BCUT2D eigenvalue weighted by Crippen LogP contribution is 2.27. The number of nitrogens with zero attached hydrogens (tertiary/aromatic N) is 1. The van der Waals surface area contributed by atoms with Crippen molar-refractivity contribution in [1.29, 1.82) is 0 Å². The van der Waals surface area contributed by atoms with Gasteiger partial charge in [-0.2, -0.15) is 0 Å². The highest BCUT2D eigenvalue weighted by Gasteiger charge is 2.21. The number of unbranched alkanes of at least 4 members (excludes halogenated alkanes) is 1. The molecule has 0 aromatic rings. The molecule has 0 aromatic heterocycles. The van der Waals surface area contributed by atoms with E-state index in [1.807, 2.05) is 0 Å². The van der Waals surface area contributed by atoms with Gasteiger partial charge in [-0.25, -0.2) is 0 Å². The van der Waals surface area contributed by atoms with Crippen LogP contribution < -0.4 is 5.32 Å². The molecule has 1 heterocycles. The van der Waals surface area contributed by atoms with Crippen molar-refractivity contribution < 1.29 is 0 Å². The molecule has 1 aliphatic heterocycles. The Hall–Kier alpha value is -1.15. The summed E-state index contributed by atoms with van der Waals surface area (Å²) in [6, 6.07) is 0. The van der Waals surface area contributed by atoms with Gasteiger partial charge in [0.05, 0.1) is 0 Å². The number of allylic oxidation sites excluding steroid dienone is 3. The van der Waals surface area contributed by atoms with Gasteiger partial charge in [0, 0.05) is 31.3 Å². The molecular formula is C19H30N2. The molecule has 0 spiro atoms. The summed E-state index contributed by atoms with van der Waals surface area (Å²) in [7, 11) is 0. The Balaban J connectivity index is 2.04. The van der Waals surface area contributed by atoms with Crippen molar-refractivity contribution >= 4 is 5.71 Å². The smallest absolute Gasteiger partial charge is 0.0426 e. The quantitative estimate of drug-likeness (QED) is 0.762. The molecule has 0 bridgehead atoms. The van der Waals surface area contributed by atoms with Crippen LogP contribution in [0.5, 0.6) is 0 Å². The van der Waals surface area contributed by atoms with Gasteiger partial charge in [0.1, 0.15) is 0 Å². The zero-order chi connectivity index (χ0) is 14.9. The molecule has 0 fully saturated rings. The Morgan fingerprint density at radius 3 is 3.14 bits per heavy atom. The van der Waals surface area contributed by atoms with Gasteiger partial charge < -0.3 is 5.32 Å². The molecule has 0 amide bonds. The lowest BCUT2D eigenvalue weighted by molar-refractivity contribution is 0.710. The van der Waals surface area contributed by atoms with Gasteiger partial charge in [0.15, 0.2) is 0 Å². The van der Waals surface area contributed by atoms with Gasteiger partial charge in [-0.3, -0.25) is 4.99 Å². The SMILES string of the molecule is CCCC/C1=C/C=C\CNCC2=CCCC2/C(C)=N/CC1. The van der Waals surface area contributed by atoms with Crippen molar-refractivity contribution in [3.63, 3.8) is 0 Å². The fourth-order valence-corrected chi connectivity index (χ4v) is 3.19. The first-order chi connectivity index (χ1) is 10.3. The lowest BCUT2D eigenvalue weighted by atomic mass is 9.96. The second kappa shape index (κ2) is 8.99. The molecule has 1 atom stereocenters. The van der Waals surface area contributed by atoms with E-state index < -0.39 is 0 Å². The molecule has 2 heteroatoms. The molecule has 1 aliphatic carbocycles. The zero-order valence-corrected chi connectivity index (χ0v) is 13.7. The van der Waals surface area contributed by atoms with Crippen LogP contribution in [-0.4, -0.2) is 25.3 Å². The minimum absolute atomic E-state index is 0.588. The lowest BCUT2D eigenvalue weighted by Gasteiger charge is -2.15. The van der Waals surface area contributed by atoms with Crippen LogP contribution in [0.4, 0.5) is 0 Å². The van der Waals surface area contributed by atoms with Crippen molar-refractivity contribution in [2.24, 2.45) is 10.9 Å². The summed E-state index contributed by atoms with van der Waals surface area (Å²) in [6.07, 6.45) is 16.5. The van der Waals surface area contributed by atoms with E-state index in [-0.39, 0.29) is 0 Å². The molecule has 2 nitrogen and oxygen atoms in total. The van der Waals surface area contributed by atoms with E-state index in [0.717, 1.165) is 26.1 Å². The van der Waals surface area contributed by atoms with Gasteiger partial charge in [0.25, 0.3) is 0 Å². The van der Waals surface area contributed by atoms with Crippen LogP contribution >= 0.6 is 0 Å². The third kappa shape index (κ3) is 5.28. The summed E-state index contributed by atoms with van der Waals surface area (Å²) in [5.41, 5.74) is 4.43. The van der Waals surface area contributed by atoms with E-state index in [1.54, 1.807) is 11.1 Å². The van der Waals surface area contributed by atoms with Crippen LogP contribution in [0.15, 0.2) is 40.4 Å². The maximum absolute atomic E-state index is 4.87. The molecular weight excluding hydrogens is 256 g/mol. The normalized spacial score (nSPS) is 30.6. The Kier molecular flexibility index (Phi) is 6.94. The van der Waals surface area contributed by atoms with Crippen molar-refractivity contribution in [3.05, 3.63) is 35.5 Å². The molecule has 116 valence electrons. The van der Waals surface area contributed by atoms with E-state index >= 15 is 0 Å². The molecule has 21 heavy (non-hydrogen) atoms. The Morgan fingerprint density at radius 1 is 1.38 bits per heavy atom. The van der Waals surface area contributed by atoms with Crippen molar-refractivity contribution in [3.8, 4) is 0 Å². The molecule has 1 N–H and O–H groups in total. The van der Waals surface area contributed by atoms with E-state index in [1.165, 1.54) is 37.8 Å². The topological polar surface area (TPSA) is 24.4 Å². The number of rotatable bonds is 3. The summed E-state index contributed by atoms with van der Waals surface area (Å²) in [5, 5.41) is 3.53. The number of hydrogen-bond acceptors (Lipinski definition) is 2. The summed E-state index contributed by atoms with van der Waals surface area (Å²) in [5.74, 6) is 0.588. The number of hydrogen-bond donors (Lipinski definition) is 1. The Labute approximate surface area is 130 Å². The lowest BCUT2D eigenvalue weighted by Crippen LogP contribution is -2.22. The summed E-state index contributed by atoms with van der Waals surface area (Å²) in [6.45, 7) is 7.39. The molecule has 0 saturated carbocycles. The molecule has 0 saturated heterocycles.